The van der Waals surface area contributed by atoms with E-state index in [-0.39, 0.29) is 5.91 Å². The lowest BCUT2D eigenvalue weighted by Gasteiger charge is -2.11. The summed E-state index contributed by atoms with van der Waals surface area (Å²) in [4.78, 5) is 17.5. The normalized spacial score (nSPS) is 10.8. The number of ether oxygens (including phenoxy) is 1. The second kappa shape index (κ2) is 8.76. The minimum absolute atomic E-state index is 0.170. The van der Waals surface area contributed by atoms with Crippen LogP contribution in [0.15, 0.2) is 71.2 Å². The lowest BCUT2D eigenvalue weighted by atomic mass is 10.1. The van der Waals surface area contributed by atoms with Crippen LogP contribution < -0.4 is 10.1 Å². The molecule has 4 aromatic rings. The van der Waals surface area contributed by atoms with Gasteiger partial charge in [-0.25, -0.2) is 4.98 Å². The van der Waals surface area contributed by atoms with Gasteiger partial charge >= 0.3 is 0 Å². The molecule has 0 aliphatic heterocycles. The minimum Gasteiger partial charge on any atom is -0.494 e. The quantitative estimate of drug-likeness (QED) is 0.341. The van der Waals surface area contributed by atoms with Gasteiger partial charge in [-0.05, 0) is 61.0 Å². The summed E-state index contributed by atoms with van der Waals surface area (Å²) in [5.74, 6) is 0.596. The summed E-state index contributed by atoms with van der Waals surface area (Å²) >= 11 is 5.13. The maximum Gasteiger partial charge on any atom is 0.255 e. The standard InChI is InChI=1S/C23H19BrN2O2S/c1-2-13-28-17-10-7-15(8-11-17)22(27)25-19-12-9-16(24)14-18(19)23-26-20-5-3-4-6-21(20)29-23/h3-12,14H,2,13H2,1H3,(H,25,27). The molecule has 0 saturated heterocycles. The highest BCUT2D eigenvalue weighted by molar-refractivity contribution is 9.10. The molecule has 1 aromatic heterocycles. The summed E-state index contributed by atoms with van der Waals surface area (Å²) < 4.78 is 7.63. The number of nitrogens with one attached hydrogen (secondary N) is 1. The van der Waals surface area contributed by atoms with Gasteiger partial charge in [0, 0.05) is 15.6 Å². The predicted molar refractivity (Wildman–Crippen MR) is 123 cm³/mol. The van der Waals surface area contributed by atoms with Crippen molar-refractivity contribution in [3.8, 4) is 16.3 Å². The van der Waals surface area contributed by atoms with E-state index in [1.165, 1.54) is 0 Å². The van der Waals surface area contributed by atoms with Gasteiger partial charge in [0.15, 0.2) is 0 Å². The number of hydrogen-bond acceptors (Lipinski definition) is 4. The molecule has 0 aliphatic carbocycles. The van der Waals surface area contributed by atoms with E-state index in [9.17, 15) is 4.79 Å². The first kappa shape index (κ1) is 19.6. The molecule has 0 unspecified atom stereocenters. The first-order chi connectivity index (χ1) is 14.1. The number of nitrogens with zero attached hydrogens (tertiary/aromatic N) is 1. The fourth-order valence-electron chi connectivity index (χ4n) is 2.91. The molecule has 4 rings (SSSR count). The Morgan fingerprint density at radius 3 is 2.66 bits per heavy atom. The van der Waals surface area contributed by atoms with E-state index < -0.39 is 0 Å². The number of carbonyl (C=O) groups is 1. The van der Waals surface area contributed by atoms with E-state index in [0.717, 1.165) is 43.1 Å². The molecular weight excluding hydrogens is 448 g/mol. The smallest absolute Gasteiger partial charge is 0.255 e. The number of amides is 1. The molecule has 3 aromatic carbocycles. The number of para-hydroxylation sites is 1. The van der Waals surface area contributed by atoms with Crippen LogP contribution in [0.4, 0.5) is 5.69 Å². The van der Waals surface area contributed by atoms with Crippen molar-refractivity contribution >= 4 is 49.1 Å². The van der Waals surface area contributed by atoms with Crippen LogP contribution in [0.2, 0.25) is 0 Å². The number of fused-ring (bicyclic) bond motifs is 1. The summed E-state index contributed by atoms with van der Waals surface area (Å²) in [6.45, 7) is 2.72. The summed E-state index contributed by atoms with van der Waals surface area (Å²) in [6, 6.07) is 21.0. The summed E-state index contributed by atoms with van der Waals surface area (Å²) in [7, 11) is 0. The van der Waals surface area contributed by atoms with Gasteiger partial charge < -0.3 is 10.1 Å². The summed E-state index contributed by atoms with van der Waals surface area (Å²) in [5.41, 5.74) is 3.14. The Bertz CT molecular complexity index is 1120. The molecule has 6 heteroatoms. The molecule has 0 aliphatic rings. The van der Waals surface area contributed by atoms with E-state index in [4.69, 9.17) is 9.72 Å². The van der Waals surface area contributed by atoms with Gasteiger partial charge in [-0.1, -0.05) is 35.0 Å². The Morgan fingerprint density at radius 2 is 1.90 bits per heavy atom. The second-order valence-corrected chi connectivity index (χ2v) is 8.45. The van der Waals surface area contributed by atoms with Crippen LogP contribution in [0.3, 0.4) is 0 Å². The number of anilines is 1. The third-order valence-corrected chi connectivity index (χ3v) is 5.91. The fourth-order valence-corrected chi connectivity index (χ4v) is 4.26. The van der Waals surface area contributed by atoms with Gasteiger partial charge in [0.2, 0.25) is 0 Å². The highest BCUT2D eigenvalue weighted by Crippen LogP contribution is 2.36. The van der Waals surface area contributed by atoms with Gasteiger partial charge in [0.1, 0.15) is 10.8 Å². The monoisotopic (exact) mass is 466 g/mol. The molecule has 1 amide bonds. The zero-order valence-corrected chi connectivity index (χ0v) is 18.2. The maximum atomic E-state index is 12.8. The van der Waals surface area contributed by atoms with E-state index in [2.05, 4.69) is 34.2 Å². The van der Waals surface area contributed by atoms with Crippen LogP contribution in [0, 0.1) is 0 Å². The van der Waals surface area contributed by atoms with Crippen LogP contribution in [-0.2, 0) is 0 Å². The Morgan fingerprint density at radius 1 is 1.10 bits per heavy atom. The largest absolute Gasteiger partial charge is 0.494 e. The highest BCUT2D eigenvalue weighted by atomic mass is 79.9. The van der Waals surface area contributed by atoms with Crippen LogP contribution in [0.1, 0.15) is 23.7 Å². The molecule has 0 saturated carbocycles. The van der Waals surface area contributed by atoms with Crippen molar-refractivity contribution in [2.75, 3.05) is 11.9 Å². The van der Waals surface area contributed by atoms with Gasteiger partial charge in [0.25, 0.3) is 5.91 Å². The number of halogens is 1. The number of aromatic nitrogens is 1. The Kier molecular flexibility index (Phi) is 5.92. The van der Waals surface area contributed by atoms with E-state index in [1.54, 1.807) is 23.5 Å². The van der Waals surface area contributed by atoms with E-state index in [0.29, 0.717) is 12.2 Å². The molecule has 4 nitrogen and oxygen atoms in total. The number of thiazole rings is 1. The van der Waals surface area contributed by atoms with Gasteiger partial charge in [0.05, 0.1) is 22.5 Å². The van der Waals surface area contributed by atoms with Crippen molar-refractivity contribution in [1.82, 2.24) is 4.98 Å². The molecule has 1 N–H and O–H groups in total. The number of benzene rings is 3. The molecule has 0 radical (unpaired) electrons. The third kappa shape index (κ3) is 4.49. The van der Waals surface area contributed by atoms with Crippen molar-refractivity contribution in [2.24, 2.45) is 0 Å². The first-order valence-corrected chi connectivity index (χ1v) is 10.9. The molecular formula is C23H19BrN2O2S. The van der Waals surface area contributed by atoms with Crippen LogP contribution in [0.25, 0.3) is 20.8 Å². The Hall–Kier alpha value is -2.70. The van der Waals surface area contributed by atoms with Crippen LogP contribution >= 0.6 is 27.3 Å². The van der Waals surface area contributed by atoms with Gasteiger partial charge in [-0.15, -0.1) is 11.3 Å². The average Bonchev–Trinajstić information content (AvgIpc) is 3.18. The van der Waals surface area contributed by atoms with Gasteiger partial charge in [-0.3, -0.25) is 4.79 Å². The number of hydrogen-bond donors (Lipinski definition) is 1. The summed E-state index contributed by atoms with van der Waals surface area (Å²) in [5, 5.41) is 3.89. The van der Waals surface area contributed by atoms with Crippen LogP contribution in [-0.4, -0.2) is 17.5 Å². The van der Waals surface area contributed by atoms with Gasteiger partial charge in [-0.2, -0.15) is 0 Å². The summed E-state index contributed by atoms with van der Waals surface area (Å²) in [6.07, 6.45) is 0.945. The molecule has 0 atom stereocenters. The first-order valence-electron chi connectivity index (χ1n) is 9.34. The van der Waals surface area contributed by atoms with Crippen molar-refractivity contribution in [3.05, 3.63) is 76.8 Å². The lowest BCUT2D eigenvalue weighted by Crippen LogP contribution is -2.12. The molecule has 1 heterocycles. The second-order valence-electron chi connectivity index (χ2n) is 6.50. The van der Waals surface area contributed by atoms with Crippen LogP contribution in [0.5, 0.6) is 5.75 Å². The fraction of sp³-hybridized carbons (Fsp3) is 0.130. The highest BCUT2D eigenvalue weighted by Gasteiger charge is 2.14. The Balaban J connectivity index is 1.61. The maximum absolute atomic E-state index is 12.8. The zero-order valence-electron chi connectivity index (χ0n) is 15.8. The SMILES string of the molecule is CCCOc1ccc(C(=O)Nc2ccc(Br)cc2-c2nc3ccccc3s2)cc1. The van der Waals surface area contributed by atoms with Crippen molar-refractivity contribution in [1.29, 1.82) is 0 Å². The lowest BCUT2D eigenvalue weighted by molar-refractivity contribution is 0.102. The zero-order chi connectivity index (χ0) is 20.2. The number of carbonyl (C=O) groups excluding carboxylic acids is 1. The van der Waals surface area contributed by atoms with Crippen molar-refractivity contribution < 1.29 is 9.53 Å². The Labute approximate surface area is 181 Å². The van der Waals surface area contributed by atoms with E-state index >= 15 is 0 Å². The molecule has 0 fully saturated rings. The molecule has 146 valence electrons. The number of rotatable bonds is 6. The van der Waals surface area contributed by atoms with Crippen molar-refractivity contribution in [3.63, 3.8) is 0 Å². The molecule has 0 spiro atoms. The third-order valence-electron chi connectivity index (χ3n) is 4.34. The molecule has 0 bridgehead atoms. The topological polar surface area (TPSA) is 51.2 Å². The molecule has 29 heavy (non-hydrogen) atoms. The van der Waals surface area contributed by atoms with E-state index in [1.807, 2.05) is 48.5 Å². The minimum atomic E-state index is -0.170. The predicted octanol–water partition coefficient (Wildman–Crippen LogP) is 6.77. The average molecular weight is 467 g/mol. The van der Waals surface area contributed by atoms with Crippen molar-refractivity contribution in [2.45, 2.75) is 13.3 Å².